The molecule has 3 unspecified atom stereocenters. The van der Waals surface area contributed by atoms with Crippen LogP contribution in [0, 0.1) is 5.92 Å². The zero-order valence-corrected chi connectivity index (χ0v) is 7.51. The van der Waals surface area contributed by atoms with Crippen LogP contribution in [0.2, 0.25) is 0 Å². The molecule has 1 saturated carbocycles. The first kappa shape index (κ1) is 9.01. The Morgan fingerprint density at radius 1 is 1.55 bits per heavy atom. The number of hydrogen-bond acceptors (Lipinski definition) is 2. The van der Waals surface area contributed by atoms with Crippen molar-refractivity contribution in [2.24, 2.45) is 5.92 Å². The molecule has 0 saturated heterocycles. The first-order valence-corrected chi connectivity index (χ1v) is 4.65. The van der Waals surface area contributed by atoms with Crippen LogP contribution >= 0.6 is 0 Å². The van der Waals surface area contributed by atoms with E-state index in [-0.39, 0.29) is 6.10 Å². The summed E-state index contributed by atoms with van der Waals surface area (Å²) >= 11 is 0. The summed E-state index contributed by atoms with van der Waals surface area (Å²) in [6.45, 7) is 4.81. The molecule has 2 N–H and O–H groups in total. The Bertz CT molecular complexity index is 112. The van der Waals surface area contributed by atoms with Gasteiger partial charge in [-0.3, -0.25) is 0 Å². The summed E-state index contributed by atoms with van der Waals surface area (Å²) in [5, 5.41) is 12.4. The molecule has 2 heteroatoms. The zero-order valence-electron chi connectivity index (χ0n) is 7.51. The van der Waals surface area contributed by atoms with Crippen LogP contribution in [-0.2, 0) is 0 Å². The Balaban J connectivity index is 2.07. The Morgan fingerprint density at radius 3 is 2.64 bits per heavy atom. The van der Waals surface area contributed by atoms with Gasteiger partial charge in [0.25, 0.3) is 0 Å². The number of aliphatic hydroxyl groups is 1. The van der Waals surface area contributed by atoms with Crippen LogP contribution in [0.5, 0.6) is 0 Å². The molecule has 2 nitrogen and oxygen atoms in total. The van der Waals surface area contributed by atoms with Gasteiger partial charge in [-0.25, -0.2) is 0 Å². The number of rotatable bonds is 4. The van der Waals surface area contributed by atoms with Gasteiger partial charge in [0.1, 0.15) is 0 Å². The van der Waals surface area contributed by atoms with E-state index in [1.54, 1.807) is 0 Å². The third-order valence-corrected chi connectivity index (χ3v) is 2.62. The quantitative estimate of drug-likeness (QED) is 0.641. The molecule has 1 rings (SSSR count). The molecule has 11 heavy (non-hydrogen) atoms. The Hall–Kier alpha value is -0.0800. The summed E-state index contributed by atoms with van der Waals surface area (Å²) in [5.41, 5.74) is 0. The SMILES string of the molecule is CCC1CCC1NCC(C)O. The normalized spacial score (nSPS) is 33.0. The van der Waals surface area contributed by atoms with Gasteiger partial charge in [-0.1, -0.05) is 13.3 Å². The molecule has 3 atom stereocenters. The molecule has 0 heterocycles. The highest BCUT2D eigenvalue weighted by molar-refractivity contribution is 4.85. The van der Waals surface area contributed by atoms with Crippen molar-refractivity contribution in [3.63, 3.8) is 0 Å². The first-order chi connectivity index (χ1) is 5.24. The minimum absolute atomic E-state index is 0.201. The second kappa shape index (κ2) is 4.07. The molecule has 0 amide bonds. The lowest BCUT2D eigenvalue weighted by Crippen LogP contribution is -2.45. The summed E-state index contributed by atoms with van der Waals surface area (Å²) in [6, 6.07) is 0.689. The van der Waals surface area contributed by atoms with E-state index in [9.17, 15) is 0 Å². The van der Waals surface area contributed by atoms with Crippen molar-refractivity contribution in [1.29, 1.82) is 0 Å². The summed E-state index contributed by atoms with van der Waals surface area (Å²) in [6.07, 6.45) is 3.74. The molecular formula is C9H19NO. The lowest BCUT2D eigenvalue weighted by Gasteiger charge is -2.37. The molecule has 0 aromatic heterocycles. The van der Waals surface area contributed by atoms with Gasteiger partial charge in [-0.15, -0.1) is 0 Å². The van der Waals surface area contributed by atoms with Crippen molar-refractivity contribution in [2.75, 3.05) is 6.54 Å². The standard InChI is InChI=1S/C9H19NO/c1-3-8-4-5-9(8)10-6-7(2)11/h7-11H,3-6H2,1-2H3. The van der Waals surface area contributed by atoms with Crippen LogP contribution in [0.4, 0.5) is 0 Å². The second-order valence-electron chi connectivity index (χ2n) is 3.61. The molecule has 66 valence electrons. The number of hydrogen-bond donors (Lipinski definition) is 2. The molecule has 0 aromatic rings. The van der Waals surface area contributed by atoms with Crippen LogP contribution in [0.25, 0.3) is 0 Å². The van der Waals surface area contributed by atoms with Gasteiger partial charge in [0.2, 0.25) is 0 Å². The minimum atomic E-state index is -0.201. The molecule has 0 spiro atoms. The molecule has 1 fully saturated rings. The Kier molecular flexibility index (Phi) is 3.34. The molecule has 1 aliphatic rings. The Labute approximate surface area is 69.0 Å². The molecular weight excluding hydrogens is 138 g/mol. The number of nitrogens with one attached hydrogen (secondary N) is 1. The van der Waals surface area contributed by atoms with Crippen LogP contribution < -0.4 is 5.32 Å². The Morgan fingerprint density at radius 2 is 2.27 bits per heavy atom. The van der Waals surface area contributed by atoms with E-state index >= 15 is 0 Å². The van der Waals surface area contributed by atoms with Gasteiger partial charge in [-0.05, 0) is 25.7 Å². The summed E-state index contributed by atoms with van der Waals surface area (Å²) in [5.74, 6) is 0.869. The predicted molar refractivity (Wildman–Crippen MR) is 46.5 cm³/mol. The van der Waals surface area contributed by atoms with E-state index in [2.05, 4.69) is 12.2 Å². The monoisotopic (exact) mass is 157 g/mol. The van der Waals surface area contributed by atoms with E-state index in [0.717, 1.165) is 12.5 Å². The maximum atomic E-state index is 9.02. The lowest BCUT2D eigenvalue weighted by molar-refractivity contribution is 0.149. The second-order valence-corrected chi connectivity index (χ2v) is 3.61. The minimum Gasteiger partial charge on any atom is -0.392 e. The zero-order chi connectivity index (χ0) is 8.27. The van der Waals surface area contributed by atoms with Crippen LogP contribution in [-0.4, -0.2) is 23.8 Å². The van der Waals surface area contributed by atoms with Crippen molar-refractivity contribution in [1.82, 2.24) is 5.32 Å². The predicted octanol–water partition coefficient (Wildman–Crippen LogP) is 1.15. The van der Waals surface area contributed by atoms with Crippen LogP contribution in [0.15, 0.2) is 0 Å². The topological polar surface area (TPSA) is 32.3 Å². The lowest BCUT2D eigenvalue weighted by atomic mass is 9.78. The van der Waals surface area contributed by atoms with Gasteiger partial charge in [-0.2, -0.15) is 0 Å². The van der Waals surface area contributed by atoms with Gasteiger partial charge in [0.05, 0.1) is 6.10 Å². The van der Waals surface area contributed by atoms with Crippen molar-refractivity contribution in [3.8, 4) is 0 Å². The van der Waals surface area contributed by atoms with E-state index < -0.39 is 0 Å². The highest BCUT2D eigenvalue weighted by Gasteiger charge is 2.28. The largest absolute Gasteiger partial charge is 0.392 e. The smallest absolute Gasteiger partial charge is 0.0636 e. The highest BCUT2D eigenvalue weighted by Crippen LogP contribution is 2.29. The fraction of sp³-hybridized carbons (Fsp3) is 1.00. The fourth-order valence-corrected chi connectivity index (χ4v) is 1.65. The summed E-state index contributed by atoms with van der Waals surface area (Å²) in [4.78, 5) is 0. The van der Waals surface area contributed by atoms with Gasteiger partial charge < -0.3 is 10.4 Å². The van der Waals surface area contributed by atoms with Crippen molar-refractivity contribution in [2.45, 2.75) is 45.3 Å². The molecule has 1 aliphatic carbocycles. The highest BCUT2D eigenvalue weighted by atomic mass is 16.3. The van der Waals surface area contributed by atoms with Crippen molar-refractivity contribution >= 4 is 0 Å². The average Bonchev–Trinajstić information content (AvgIpc) is 1.86. The van der Waals surface area contributed by atoms with Gasteiger partial charge in [0, 0.05) is 12.6 Å². The number of aliphatic hydroxyl groups excluding tert-OH is 1. The summed E-state index contributed by atoms with van der Waals surface area (Å²) < 4.78 is 0. The third kappa shape index (κ3) is 2.46. The van der Waals surface area contributed by atoms with E-state index in [4.69, 9.17) is 5.11 Å². The van der Waals surface area contributed by atoms with Crippen molar-refractivity contribution in [3.05, 3.63) is 0 Å². The van der Waals surface area contributed by atoms with E-state index in [1.165, 1.54) is 19.3 Å². The fourth-order valence-electron chi connectivity index (χ4n) is 1.65. The summed E-state index contributed by atoms with van der Waals surface area (Å²) in [7, 11) is 0. The van der Waals surface area contributed by atoms with Crippen LogP contribution in [0.3, 0.4) is 0 Å². The van der Waals surface area contributed by atoms with Crippen molar-refractivity contribution < 1.29 is 5.11 Å². The van der Waals surface area contributed by atoms with Gasteiger partial charge >= 0.3 is 0 Å². The van der Waals surface area contributed by atoms with Gasteiger partial charge in [0.15, 0.2) is 0 Å². The first-order valence-electron chi connectivity index (χ1n) is 4.65. The maximum absolute atomic E-state index is 9.02. The van der Waals surface area contributed by atoms with E-state index in [1.807, 2.05) is 6.92 Å². The third-order valence-electron chi connectivity index (χ3n) is 2.62. The molecule has 0 radical (unpaired) electrons. The van der Waals surface area contributed by atoms with Crippen LogP contribution in [0.1, 0.15) is 33.1 Å². The average molecular weight is 157 g/mol. The van der Waals surface area contributed by atoms with E-state index in [0.29, 0.717) is 6.04 Å². The molecule has 0 bridgehead atoms. The molecule has 0 aliphatic heterocycles. The maximum Gasteiger partial charge on any atom is 0.0636 e. The molecule has 0 aromatic carbocycles.